The van der Waals surface area contributed by atoms with Crippen LogP contribution in [0.4, 0.5) is 5.69 Å². The summed E-state index contributed by atoms with van der Waals surface area (Å²) in [6, 6.07) is 18.8. The van der Waals surface area contributed by atoms with Gasteiger partial charge in [-0.1, -0.05) is 54.6 Å². The molecule has 0 aliphatic carbocycles. The van der Waals surface area contributed by atoms with Gasteiger partial charge in [0, 0.05) is 5.69 Å². The van der Waals surface area contributed by atoms with E-state index in [1.54, 1.807) is 0 Å². The van der Waals surface area contributed by atoms with Crippen LogP contribution in [0.1, 0.15) is 11.6 Å². The van der Waals surface area contributed by atoms with Crippen LogP contribution in [0, 0.1) is 5.92 Å². The molecule has 2 aromatic rings. The minimum absolute atomic E-state index is 0.353. The highest BCUT2D eigenvalue weighted by molar-refractivity contribution is 5.74. The average molecular weight is 267 g/mol. The monoisotopic (exact) mass is 267 g/mol. The van der Waals surface area contributed by atoms with Gasteiger partial charge < -0.3 is 10.4 Å². The zero-order valence-electron chi connectivity index (χ0n) is 11.1. The summed E-state index contributed by atoms with van der Waals surface area (Å²) in [5.74, 6) is -1.59. The molecule has 0 spiro atoms. The fourth-order valence-corrected chi connectivity index (χ4v) is 2.13. The predicted octanol–water partition coefficient (Wildman–Crippen LogP) is 3.73. The number of carboxylic acid groups (broad SMARTS) is 1. The summed E-state index contributed by atoms with van der Waals surface area (Å²) in [6.07, 6.45) is 1.47. The van der Waals surface area contributed by atoms with Gasteiger partial charge in [-0.25, -0.2) is 0 Å². The van der Waals surface area contributed by atoms with E-state index in [2.05, 4.69) is 11.9 Å². The normalized spacial score (nSPS) is 13.2. The molecule has 102 valence electrons. The Morgan fingerprint density at radius 2 is 1.60 bits per heavy atom. The van der Waals surface area contributed by atoms with Crippen molar-refractivity contribution in [2.24, 2.45) is 5.92 Å². The van der Waals surface area contributed by atoms with E-state index in [1.807, 2.05) is 60.7 Å². The first-order chi connectivity index (χ1) is 9.72. The zero-order valence-corrected chi connectivity index (χ0v) is 11.1. The second kappa shape index (κ2) is 6.57. The molecule has 0 heterocycles. The van der Waals surface area contributed by atoms with Crippen LogP contribution < -0.4 is 5.32 Å². The van der Waals surface area contributed by atoms with E-state index in [0.717, 1.165) is 11.3 Å². The van der Waals surface area contributed by atoms with Crippen LogP contribution in [0.5, 0.6) is 0 Å². The van der Waals surface area contributed by atoms with Gasteiger partial charge in [-0.3, -0.25) is 4.79 Å². The van der Waals surface area contributed by atoms with Crippen molar-refractivity contribution in [3.63, 3.8) is 0 Å². The van der Waals surface area contributed by atoms with Crippen LogP contribution in [0.3, 0.4) is 0 Å². The molecule has 2 unspecified atom stereocenters. The van der Waals surface area contributed by atoms with Crippen molar-refractivity contribution in [1.82, 2.24) is 0 Å². The number of hydrogen-bond acceptors (Lipinski definition) is 2. The lowest BCUT2D eigenvalue weighted by Crippen LogP contribution is -2.26. The highest BCUT2D eigenvalue weighted by Gasteiger charge is 2.26. The lowest BCUT2D eigenvalue weighted by Gasteiger charge is -2.24. The maximum Gasteiger partial charge on any atom is 0.312 e. The first kappa shape index (κ1) is 13.9. The van der Waals surface area contributed by atoms with E-state index < -0.39 is 11.9 Å². The maximum atomic E-state index is 11.4. The van der Waals surface area contributed by atoms with Crippen LogP contribution >= 0.6 is 0 Å². The molecular weight excluding hydrogens is 250 g/mol. The Morgan fingerprint density at radius 3 is 2.10 bits per heavy atom. The van der Waals surface area contributed by atoms with Gasteiger partial charge in [0.25, 0.3) is 0 Å². The number of benzene rings is 2. The summed E-state index contributed by atoms with van der Waals surface area (Å²) in [5, 5.41) is 12.6. The SMILES string of the molecule is C=CC(C(=O)O)C(Nc1ccccc1)c1ccccc1. The van der Waals surface area contributed by atoms with E-state index in [4.69, 9.17) is 0 Å². The summed E-state index contributed by atoms with van der Waals surface area (Å²) in [6.45, 7) is 3.65. The topological polar surface area (TPSA) is 49.3 Å². The Balaban J connectivity index is 2.34. The molecule has 0 bridgehead atoms. The van der Waals surface area contributed by atoms with Crippen molar-refractivity contribution in [2.75, 3.05) is 5.32 Å². The fourth-order valence-electron chi connectivity index (χ4n) is 2.13. The molecule has 0 fully saturated rings. The Bertz CT molecular complexity index is 566. The highest BCUT2D eigenvalue weighted by atomic mass is 16.4. The zero-order chi connectivity index (χ0) is 14.4. The first-order valence-corrected chi connectivity index (χ1v) is 6.44. The lowest BCUT2D eigenvalue weighted by atomic mass is 9.92. The molecular formula is C17H17NO2. The van der Waals surface area contributed by atoms with E-state index in [-0.39, 0.29) is 6.04 Å². The van der Waals surface area contributed by atoms with E-state index in [1.165, 1.54) is 6.08 Å². The van der Waals surface area contributed by atoms with Crippen LogP contribution in [-0.2, 0) is 4.79 Å². The average Bonchev–Trinajstić information content (AvgIpc) is 2.48. The van der Waals surface area contributed by atoms with Crippen LogP contribution in [-0.4, -0.2) is 11.1 Å². The third-order valence-corrected chi connectivity index (χ3v) is 3.15. The molecule has 0 aliphatic heterocycles. The molecule has 20 heavy (non-hydrogen) atoms. The van der Waals surface area contributed by atoms with Crippen molar-refractivity contribution in [2.45, 2.75) is 6.04 Å². The predicted molar refractivity (Wildman–Crippen MR) is 80.6 cm³/mol. The summed E-state index contributed by atoms with van der Waals surface area (Å²) in [4.78, 5) is 11.4. The van der Waals surface area contributed by atoms with Crippen LogP contribution in [0.2, 0.25) is 0 Å². The summed E-state index contributed by atoms with van der Waals surface area (Å²) >= 11 is 0. The number of nitrogens with one attached hydrogen (secondary N) is 1. The lowest BCUT2D eigenvalue weighted by molar-refractivity contribution is -0.140. The van der Waals surface area contributed by atoms with Gasteiger partial charge >= 0.3 is 5.97 Å². The minimum atomic E-state index is -0.891. The molecule has 0 aromatic heterocycles. The van der Waals surface area contributed by atoms with Crippen molar-refractivity contribution < 1.29 is 9.90 Å². The van der Waals surface area contributed by atoms with Gasteiger partial charge in [0.1, 0.15) is 0 Å². The van der Waals surface area contributed by atoms with Gasteiger partial charge in [0.15, 0.2) is 0 Å². The van der Waals surface area contributed by atoms with Gasteiger partial charge in [0.2, 0.25) is 0 Å². The number of carboxylic acids is 1. The van der Waals surface area contributed by atoms with Gasteiger partial charge in [-0.15, -0.1) is 6.58 Å². The third kappa shape index (κ3) is 3.26. The molecule has 3 heteroatoms. The van der Waals surface area contributed by atoms with Gasteiger partial charge in [-0.05, 0) is 17.7 Å². The van der Waals surface area contributed by atoms with Crippen molar-refractivity contribution in [3.05, 3.63) is 78.9 Å². The van der Waals surface area contributed by atoms with Crippen LogP contribution in [0.15, 0.2) is 73.3 Å². The second-order valence-electron chi connectivity index (χ2n) is 4.50. The maximum absolute atomic E-state index is 11.4. The molecule has 2 atom stereocenters. The van der Waals surface area contributed by atoms with Gasteiger partial charge in [-0.2, -0.15) is 0 Å². The Hall–Kier alpha value is -2.55. The van der Waals surface area contributed by atoms with Crippen molar-refractivity contribution in [3.8, 4) is 0 Å². The molecule has 0 amide bonds. The Morgan fingerprint density at radius 1 is 1.05 bits per heavy atom. The second-order valence-corrected chi connectivity index (χ2v) is 4.50. The standard InChI is InChI=1S/C17H17NO2/c1-2-15(17(19)20)16(13-9-5-3-6-10-13)18-14-11-7-4-8-12-14/h2-12,15-16,18H,1H2,(H,19,20). The van der Waals surface area contributed by atoms with Crippen molar-refractivity contribution >= 4 is 11.7 Å². The van der Waals surface area contributed by atoms with E-state index in [9.17, 15) is 9.90 Å². The van der Waals surface area contributed by atoms with Crippen LogP contribution in [0.25, 0.3) is 0 Å². The molecule has 2 aromatic carbocycles. The van der Waals surface area contributed by atoms with Crippen molar-refractivity contribution in [1.29, 1.82) is 0 Å². The van der Waals surface area contributed by atoms with E-state index >= 15 is 0 Å². The Labute approximate surface area is 118 Å². The molecule has 2 N–H and O–H groups in total. The molecule has 3 nitrogen and oxygen atoms in total. The molecule has 0 radical (unpaired) electrons. The summed E-state index contributed by atoms with van der Waals surface area (Å²) in [5.41, 5.74) is 1.80. The number of anilines is 1. The highest BCUT2D eigenvalue weighted by Crippen LogP contribution is 2.27. The first-order valence-electron chi connectivity index (χ1n) is 6.44. The summed E-state index contributed by atoms with van der Waals surface area (Å²) in [7, 11) is 0. The molecule has 0 saturated carbocycles. The smallest absolute Gasteiger partial charge is 0.312 e. The molecule has 0 saturated heterocycles. The van der Waals surface area contributed by atoms with Gasteiger partial charge in [0.05, 0.1) is 12.0 Å². The molecule has 2 rings (SSSR count). The quantitative estimate of drug-likeness (QED) is 0.784. The fraction of sp³-hybridized carbons (Fsp3) is 0.118. The number of para-hydroxylation sites is 1. The number of carbonyl (C=O) groups is 1. The molecule has 0 aliphatic rings. The van der Waals surface area contributed by atoms with E-state index in [0.29, 0.717) is 0 Å². The number of hydrogen-bond donors (Lipinski definition) is 2. The Kier molecular flexibility index (Phi) is 4.56. The summed E-state index contributed by atoms with van der Waals surface area (Å²) < 4.78 is 0. The largest absolute Gasteiger partial charge is 0.481 e. The minimum Gasteiger partial charge on any atom is -0.481 e. The number of rotatable bonds is 6. The third-order valence-electron chi connectivity index (χ3n) is 3.15. The number of aliphatic carboxylic acids is 1.